The molecule has 3 rings (SSSR count). The van der Waals surface area contributed by atoms with Crippen LogP contribution >= 0.6 is 0 Å². The van der Waals surface area contributed by atoms with Gasteiger partial charge in [0.25, 0.3) is 0 Å². The summed E-state index contributed by atoms with van der Waals surface area (Å²) >= 11 is 0. The highest BCUT2D eigenvalue weighted by molar-refractivity contribution is 7.89. The lowest BCUT2D eigenvalue weighted by atomic mass is 10.2. The first-order valence-electron chi connectivity index (χ1n) is 9.11. The maximum Gasteiger partial charge on any atom is 0.336 e. The lowest BCUT2D eigenvalue weighted by molar-refractivity contribution is -0.116. The number of carbonyl (C=O) groups excluding carboxylic acids is 1. The summed E-state index contributed by atoms with van der Waals surface area (Å²) in [6.07, 6.45) is 0.370. The van der Waals surface area contributed by atoms with Crippen LogP contribution in [0, 0.1) is 17.5 Å². The van der Waals surface area contributed by atoms with Crippen LogP contribution < -0.4 is 10.9 Å². The van der Waals surface area contributed by atoms with Crippen molar-refractivity contribution in [1.29, 1.82) is 0 Å². The van der Waals surface area contributed by atoms with Crippen LogP contribution in [0.3, 0.4) is 0 Å². The number of rotatable bonds is 7. The van der Waals surface area contributed by atoms with E-state index < -0.39 is 51.2 Å². The maximum absolute atomic E-state index is 13.8. The molecule has 164 valence electrons. The Balaban J connectivity index is 1.87. The summed E-state index contributed by atoms with van der Waals surface area (Å²) in [6.45, 7) is 0.985. The predicted octanol–water partition coefficient (Wildman–Crippen LogP) is 3.25. The Kier molecular flexibility index (Phi) is 6.46. The smallest absolute Gasteiger partial charge is 0.336 e. The second-order valence-corrected chi connectivity index (χ2v) is 8.50. The van der Waals surface area contributed by atoms with Crippen LogP contribution in [0.25, 0.3) is 11.0 Å². The van der Waals surface area contributed by atoms with Gasteiger partial charge in [0.15, 0.2) is 17.5 Å². The Morgan fingerprint density at radius 3 is 2.52 bits per heavy atom. The minimum Gasteiger partial charge on any atom is -0.423 e. The number of halogens is 3. The molecule has 1 amide bonds. The van der Waals surface area contributed by atoms with Gasteiger partial charge < -0.3 is 9.73 Å². The Morgan fingerprint density at radius 2 is 1.81 bits per heavy atom. The molecule has 0 aliphatic heterocycles. The van der Waals surface area contributed by atoms with E-state index in [1.807, 2.05) is 0 Å². The van der Waals surface area contributed by atoms with Gasteiger partial charge in [0.2, 0.25) is 15.9 Å². The van der Waals surface area contributed by atoms with E-state index in [0.717, 1.165) is 16.4 Å². The topological polar surface area (TPSA) is 96.7 Å². The van der Waals surface area contributed by atoms with Crippen molar-refractivity contribution in [2.45, 2.75) is 18.2 Å². The third-order valence-electron chi connectivity index (χ3n) is 4.33. The molecule has 0 radical (unpaired) electrons. The monoisotopic (exact) mass is 454 g/mol. The highest BCUT2D eigenvalue weighted by atomic mass is 32.2. The second kappa shape index (κ2) is 8.90. The minimum atomic E-state index is -4.15. The number of nitrogens with one attached hydrogen (secondary N) is 1. The van der Waals surface area contributed by atoms with Gasteiger partial charge in [-0.05, 0) is 42.8 Å². The lowest BCUT2D eigenvalue weighted by Gasteiger charge is -2.21. The summed E-state index contributed by atoms with van der Waals surface area (Å²) in [5.74, 6) is -5.69. The highest BCUT2D eigenvalue weighted by Gasteiger charge is 2.27. The molecule has 0 unspecified atom stereocenters. The first kappa shape index (κ1) is 22.5. The van der Waals surface area contributed by atoms with Crippen LogP contribution in [0.15, 0.2) is 56.6 Å². The van der Waals surface area contributed by atoms with E-state index in [9.17, 15) is 31.2 Å². The van der Waals surface area contributed by atoms with Gasteiger partial charge >= 0.3 is 5.63 Å². The van der Waals surface area contributed by atoms with Crippen molar-refractivity contribution in [2.24, 2.45) is 0 Å². The minimum absolute atomic E-state index is 0.0298. The maximum atomic E-state index is 13.8. The van der Waals surface area contributed by atoms with Crippen LogP contribution in [0.1, 0.15) is 13.3 Å². The summed E-state index contributed by atoms with van der Waals surface area (Å²) in [7, 11) is -4.15. The largest absolute Gasteiger partial charge is 0.423 e. The van der Waals surface area contributed by atoms with Crippen molar-refractivity contribution >= 4 is 32.6 Å². The normalized spacial score (nSPS) is 11.8. The van der Waals surface area contributed by atoms with Crippen molar-refractivity contribution in [3.63, 3.8) is 0 Å². The molecule has 31 heavy (non-hydrogen) atoms. The SMILES string of the molecule is CCCN(CC(=O)Nc1ccc(F)c(F)c1F)S(=O)(=O)c1ccc2oc(=O)ccc2c1. The van der Waals surface area contributed by atoms with E-state index in [2.05, 4.69) is 5.32 Å². The van der Waals surface area contributed by atoms with Gasteiger partial charge in [-0.2, -0.15) is 4.31 Å². The van der Waals surface area contributed by atoms with Gasteiger partial charge in [-0.15, -0.1) is 0 Å². The molecule has 11 heteroatoms. The first-order valence-corrected chi connectivity index (χ1v) is 10.5. The van der Waals surface area contributed by atoms with Crippen LogP contribution in [0.4, 0.5) is 18.9 Å². The fourth-order valence-corrected chi connectivity index (χ4v) is 4.39. The number of benzene rings is 2. The molecule has 7 nitrogen and oxygen atoms in total. The Morgan fingerprint density at radius 1 is 1.06 bits per heavy atom. The van der Waals surface area contributed by atoms with Crippen molar-refractivity contribution in [3.05, 3.63) is 70.3 Å². The third-order valence-corrected chi connectivity index (χ3v) is 6.17. The number of hydrogen-bond donors (Lipinski definition) is 1. The molecule has 0 aliphatic carbocycles. The number of anilines is 1. The van der Waals surface area contributed by atoms with Crippen LogP contribution in [-0.4, -0.2) is 31.7 Å². The average molecular weight is 454 g/mol. The van der Waals surface area contributed by atoms with Crippen LogP contribution in [-0.2, 0) is 14.8 Å². The van der Waals surface area contributed by atoms with Crippen molar-refractivity contribution < 1.29 is 30.8 Å². The summed E-state index contributed by atoms with van der Waals surface area (Å²) < 4.78 is 72.2. The van der Waals surface area contributed by atoms with Gasteiger partial charge in [0.05, 0.1) is 17.1 Å². The Hall–Kier alpha value is -3.18. The molecule has 3 aromatic rings. The van der Waals surface area contributed by atoms with E-state index in [4.69, 9.17) is 4.42 Å². The number of amides is 1. The molecule has 0 spiro atoms. The Labute approximate surface area is 175 Å². The van der Waals surface area contributed by atoms with E-state index in [0.29, 0.717) is 17.9 Å². The molecular formula is C20H17F3N2O5S. The molecular weight excluding hydrogens is 437 g/mol. The second-order valence-electron chi connectivity index (χ2n) is 6.56. The first-order chi connectivity index (χ1) is 14.6. The molecule has 0 fully saturated rings. The van der Waals surface area contributed by atoms with Gasteiger partial charge in [0, 0.05) is 18.0 Å². The fraction of sp³-hybridized carbons (Fsp3) is 0.200. The quantitative estimate of drug-likeness (QED) is 0.437. The summed E-state index contributed by atoms with van der Waals surface area (Å²) in [5.41, 5.74) is -1.00. The number of fused-ring (bicyclic) bond motifs is 1. The molecule has 1 aromatic heterocycles. The molecule has 2 aromatic carbocycles. The third kappa shape index (κ3) is 4.78. The number of nitrogens with zero attached hydrogens (tertiary/aromatic N) is 1. The van der Waals surface area contributed by atoms with Crippen molar-refractivity contribution in [3.8, 4) is 0 Å². The molecule has 0 saturated carbocycles. The Bertz CT molecular complexity index is 1310. The van der Waals surface area contributed by atoms with Crippen LogP contribution in [0.5, 0.6) is 0 Å². The molecule has 0 saturated heterocycles. The number of hydrogen-bond acceptors (Lipinski definition) is 5. The fourth-order valence-electron chi connectivity index (χ4n) is 2.87. The van der Waals surface area contributed by atoms with E-state index in [-0.39, 0.29) is 17.0 Å². The van der Waals surface area contributed by atoms with E-state index in [1.54, 1.807) is 6.92 Å². The van der Waals surface area contributed by atoms with Crippen molar-refractivity contribution in [2.75, 3.05) is 18.4 Å². The predicted molar refractivity (Wildman–Crippen MR) is 106 cm³/mol. The molecule has 0 atom stereocenters. The number of carbonyl (C=O) groups is 1. The zero-order valence-electron chi connectivity index (χ0n) is 16.2. The van der Waals surface area contributed by atoms with Gasteiger partial charge in [-0.1, -0.05) is 6.92 Å². The molecule has 0 aliphatic rings. The zero-order valence-corrected chi connectivity index (χ0v) is 17.0. The lowest BCUT2D eigenvalue weighted by Crippen LogP contribution is -2.38. The standard InChI is InChI=1S/C20H17F3N2O5S/c1-2-9-25(11-17(26)24-15-6-5-14(21)19(22)20(15)23)31(28,29)13-4-7-16-12(10-13)3-8-18(27)30-16/h3-8,10H,2,9,11H2,1H3,(H,24,26). The summed E-state index contributed by atoms with van der Waals surface area (Å²) in [4.78, 5) is 23.5. The summed E-state index contributed by atoms with van der Waals surface area (Å²) in [6, 6.07) is 7.88. The van der Waals surface area contributed by atoms with Gasteiger partial charge in [-0.3, -0.25) is 4.79 Å². The molecule has 1 heterocycles. The summed E-state index contributed by atoms with van der Waals surface area (Å²) in [5, 5.41) is 2.42. The van der Waals surface area contributed by atoms with E-state index in [1.165, 1.54) is 24.3 Å². The average Bonchev–Trinajstić information content (AvgIpc) is 2.73. The van der Waals surface area contributed by atoms with Gasteiger partial charge in [-0.25, -0.2) is 26.4 Å². The van der Waals surface area contributed by atoms with Crippen LogP contribution in [0.2, 0.25) is 0 Å². The molecule has 1 N–H and O–H groups in total. The highest BCUT2D eigenvalue weighted by Crippen LogP contribution is 2.23. The number of sulfonamides is 1. The van der Waals surface area contributed by atoms with E-state index >= 15 is 0 Å². The molecule has 0 bridgehead atoms. The zero-order chi connectivity index (χ0) is 22.8. The van der Waals surface area contributed by atoms with Gasteiger partial charge in [0.1, 0.15) is 5.58 Å². The van der Waals surface area contributed by atoms with Crippen molar-refractivity contribution in [1.82, 2.24) is 4.31 Å².